The molecule has 23 heavy (non-hydrogen) atoms. The first-order valence-electron chi connectivity index (χ1n) is 8.25. The molecular weight excluding hydrogens is 296 g/mol. The third kappa shape index (κ3) is 4.61. The van der Waals surface area contributed by atoms with E-state index >= 15 is 0 Å². The molecule has 1 aliphatic heterocycles. The maximum Gasteiger partial charge on any atom is 0.306 e. The maximum absolute atomic E-state index is 11.9. The fourth-order valence-electron chi connectivity index (χ4n) is 3.26. The zero-order chi connectivity index (χ0) is 16.9. The summed E-state index contributed by atoms with van der Waals surface area (Å²) < 4.78 is 5.15. The van der Waals surface area contributed by atoms with Crippen molar-refractivity contribution in [2.75, 3.05) is 0 Å². The van der Waals surface area contributed by atoms with Crippen LogP contribution in [0.2, 0.25) is 0 Å². The first kappa shape index (κ1) is 17.6. The summed E-state index contributed by atoms with van der Waals surface area (Å²) in [6.45, 7) is 1.74. The molecule has 5 nitrogen and oxygen atoms in total. The third-order valence-corrected chi connectivity index (χ3v) is 4.56. The average Bonchev–Trinajstić information content (AvgIpc) is 3.03. The van der Waals surface area contributed by atoms with Crippen molar-refractivity contribution in [3.63, 3.8) is 0 Å². The molecule has 0 amide bonds. The van der Waals surface area contributed by atoms with Crippen LogP contribution >= 0.6 is 0 Å². The molecule has 5 heteroatoms. The van der Waals surface area contributed by atoms with Crippen LogP contribution in [0.25, 0.3) is 0 Å². The van der Waals surface area contributed by atoms with Gasteiger partial charge in [0.15, 0.2) is 11.6 Å². The average molecular weight is 320 g/mol. The molecule has 0 bridgehead atoms. The summed E-state index contributed by atoms with van der Waals surface area (Å²) in [6, 6.07) is 0. The maximum atomic E-state index is 11.9. The minimum Gasteiger partial charge on any atom is -0.462 e. The van der Waals surface area contributed by atoms with E-state index in [2.05, 4.69) is 0 Å². The standard InChI is InChI=1S/C18H24O5/c1-2-5-13(19)12-15-16(20)9-11-18(15,22)10-4-3-6-14-7-8-17(21)23-14/h2,5,9,11,14-15,22H,3-4,6-8,10,12H2,1H3/b5-2+/t14-,15+,18+/m1/s1. The Morgan fingerprint density at radius 3 is 2.87 bits per heavy atom. The van der Waals surface area contributed by atoms with Crippen molar-refractivity contribution >= 4 is 17.5 Å². The molecule has 0 spiro atoms. The Hall–Kier alpha value is -1.75. The van der Waals surface area contributed by atoms with Gasteiger partial charge in [0, 0.05) is 12.8 Å². The van der Waals surface area contributed by atoms with Crippen LogP contribution < -0.4 is 0 Å². The van der Waals surface area contributed by atoms with E-state index in [4.69, 9.17) is 4.74 Å². The molecule has 0 radical (unpaired) electrons. The molecule has 1 fully saturated rings. The van der Waals surface area contributed by atoms with Gasteiger partial charge in [-0.1, -0.05) is 12.5 Å². The van der Waals surface area contributed by atoms with Crippen LogP contribution in [0.5, 0.6) is 0 Å². The number of ketones is 2. The molecule has 1 heterocycles. The lowest BCUT2D eigenvalue weighted by atomic mass is 9.82. The summed E-state index contributed by atoms with van der Waals surface area (Å²) in [5, 5.41) is 10.7. The van der Waals surface area contributed by atoms with Crippen molar-refractivity contribution in [3.8, 4) is 0 Å². The highest BCUT2D eigenvalue weighted by Crippen LogP contribution is 2.35. The lowest BCUT2D eigenvalue weighted by Crippen LogP contribution is -2.37. The van der Waals surface area contributed by atoms with E-state index in [-0.39, 0.29) is 30.1 Å². The number of hydrogen-bond acceptors (Lipinski definition) is 5. The molecule has 1 N–H and O–H groups in total. The van der Waals surface area contributed by atoms with Gasteiger partial charge in [0.05, 0.1) is 11.5 Å². The van der Waals surface area contributed by atoms with Gasteiger partial charge in [-0.25, -0.2) is 0 Å². The number of allylic oxidation sites excluding steroid dienone is 3. The molecule has 1 aliphatic carbocycles. The highest BCUT2D eigenvalue weighted by Gasteiger charge is 2.42. The fourth-order valence-corrected chi connectivity index (χ4v) is 3.26. The van der Waals surface area contributed by atoms with Crippen LogP contribution in [0.3, 0.4) is 0 Å². The van der Waals surface area contributed by atoms with E-state index in [9.17, 15) is 19.5 Å². The van der Waals surface area contributed by atoms with E-state index in [0.717, 1.165) is 25.7 Å². The number of ether oxygens (including phenoxy) is 1. The van der Waals surface area contributed by atoms with Gasteiger partial charge >= 0.3 is 5.97 Å². The Labute approximate surface area is 136 Å². The summed E-state index contributed by atoms with van der Waals surface area (Å²) in [6.07, 6.45) is 10.0. The topological polar surface area (TPSA) is 80.7 Å². The van der Waals surface area contributed by atoms with E-state index in [0.29, 0.717) is 12.8 Å². The first-order valence-corrected chi connectivity index (χ1v) is 8.25. The molecule has 1 saturated heterocycles. The molecule has 0 aromatic rings. The predicted molar refractivity (Wildman–Crippen MR) is 84.6 cm³/mol. The van der Waals surface area contributed by atoms with Gasteiger partial charge in [0.1, 0.15) is 6.10 Å². The van der Waals surface area contributed by atoms with Crippen LogP contribution in [-0.2, 0) is 19.1 Å². The number of carbonyl (C=O) groups is 3. The SMILES string of the molecule is C/C=C/C(=O)C[C@H]1C(=O)C=C[C@@]1(O)CCCC[C@@H]1CCC(=O)O1. The Balaban J connectivity index is 1.81. The van der Waals surface area contributed by atoms with E-state index in [1.165, 1.54) is 18.2 Å². The molecular formula is C18H24O5. The highest BCUT2D eigenvalue weighted by atomic mass is 16.5. The zero-order valence-electron chi connectivity index (χ0n) is 13.5. The smallest absolute Gasteiger partial charge is 0.306 e. The summed E-state index contributed by atoms with van der Waals surface area (Å²) in [4.78, 5) is 34.7. The van der Waals surface area contributed by atoms with Crippen LogP contribution in [0.4, 0.5) is 0 Å². The van der Waals surface area contributed by atoms with Gasteiger partial charge in [-0.05, 0) is 50.8 Å². The highest BCUT2D eigenvalue weighted by molar-refractivity contribution is 6.00. The molecule has 0 saturated carbocycles. The largest absolute Gasteiger partial charge is 0.462 e. The summed E-state index contributed by atoms with van der Waals surface area (Å²) in [7, 11) is 0. The second-order valence-electron chi connectivity index (χ2n) is 6.35. The minimum atomic E-state index is -1.24. The van der Waals surface area contributed by atoms with E-state index < -0.39 is 11.5 Å². The van der Waals surface area contributed by atoms with Crippen molar-refractivity contribution in [2.45, 2.75) is 63.6 Å². The molecule has 0 aromatic carbocycles. The van der Waals surface area contributed by atoms with Crippen molar-refractivity contribution in [1.82, 2.24) is 0 Å². The molecule has 126 valence electrons. The van der Waals surface area contributed by atoms with Crippen LogP contribution in [0.15, 0.2) is 24.3 Å². The Bertz CT molecular complexity index is 534. The van der Waals surface area contributed by atoms with Crippen LogP contribution in [0, 0.1) is 5.92 Å². The quantitative estimate of drug-likeness (QED) is 0.421. The number of aliphatic hydroxyl groups is 1. The Kier molecular flexibility index (Phi) is 5.88. The van der Waals surface area contributed by atoms with Crippen molar-refractivity contribution in [3.05, 3.63) is 24.3 Å². The van der Waals surface area contributed by atoms with E-state index in [1.807, 2.05) is 0 Å². The van der Waals surface area contributed by atoms with Crippen molar-refractivity contribution in [2.24, 2.45) is 5.92 Å². The number of unbranched alkanes of at least 4 members (excludes halogenated alkanes) is 1. The zero-order valence-corrected chi connectivity index (χ0v) is 13.5. The normalized spacial score (nSPS) is 30.3. The summed E-state index contributed by atoms with van der Waals surface area (Å²) >= 11 is 0. The molecule has 2 rings (SSSR count). The van der Waals surface area contributed by atoms with Crippen LogP contribution in [-0.4, -0.2) is 34.3 Å². The number of cyclic esters (lactones) is 1. The van der Waals surface area contributed by atoms with Gasteiger partial charge in [-0.15, -0.1) is 0 Å². The third-order valence-electron chi connectivity index (χ3n) is 4.56. The number of carbonyl (C=O) groups excluding carboxylic acids is 3. The van der Waals surface area contributed by atoms with E-state index in [1.54, 1.807) is 13.0 Å². The van der Waals surface area contributed by atoms with Gasteiger partial charge < -0.3 is 9.84 Å². The molecule has 3 atom stereocenters. The lowest BCUT2D eigenvalue weighted by molar-refractivity contribution is -0.141. The second kappa shape index (κ2) is 7.68. The monoisotopic (exact) mass is 320 g/mol. The summed E-state index contributed by atoms with van der Waals surface area (Å²) in [5.74, 6) is -1.16. The fraction of sp³-hybridized carbons (Fsp3) is 0.611. The molecule has 2 aliphatic rings. The second-order valence-corrected chi connectivity index (χ2v) is 6.35. The number of hydrogen-bond donors (Lipinski definition) is 1. The molecule has 0 aromatic heterocycles. The summed E-state index contributed by atoms with van der Waals surface area (Å²) in [5.41, 5.74) is -1.24. The number of esters is 1. The predicted octanol–water partition coefficient (Wildman–Crippen LogP) is 2.27. The Morgan fingerprint density at radius 2 is 2.22 bits per heavy atom. The number of rotatable bonds is 8. The van der Waals surface area contributed by atoms with Gasteiger partial charge in [0.2, 0.25) is 0 Å². The minimum absolute atomic E-state index is 0.00930. The van der Waals surface area contributed by atoms with Gasteiger partial charge in [0.25, 0.3) is 0 Å². The van der Waals surface area contributed by atoms with Crippen LogP contribution in [0.1, 0.15) is 51.9 Å². The van der Waals surface area contributed by atoms with Gasteiger partial charge in [-0.3, -0.25) is 14.4 Å². The van der Waals surface area contributed by atoms with Gasteiger partial charge in [-0.2, -0.15) is 0 Å². The van der Waals surface area contributed by atoms with Crippen molar-refractivity contribution in [1.29, 1.82) is 0 Å². The Morgan fingerprint density at radius 1 is 1.43 bits per heavy atom. The van der Waals surface area contributed by atoms with Crippen molar-refractivity contribution < 1.29 is 24.2 Å². The molecule has 0 unspecified atom stereocenters. The first-order chi connectivity index (χ1) is 10.9. The lowest BCUT2D eigenvalue weighted by Gasteiger charge is -2.27.